The van der Waals surface area contributed by atoms with Gasteiger partial charge in [0, 0.05) is 13.1 Å². The number of nitrogens with zero attached hydrogens (tertiary/aromatic N) is 3. The lowest BCUT2D eigenvalue weighted by Gasteiger charge is -2.19. The van der Waals surface area contributed by atoms with Crippen molar-refractivity contribution in [2.75, 3.05) is 18.4 Å². The topological polar surface area (TPSA) is 89.0 Å². The maximum absolute atomic E-state index is 11.4. The van der Waals surface area contributed by atoms with Gasteiger partial charge < -0.3 is 15.4 Å². The lowest BCUT2D eigenvalue weighted by Crippen LogP contribution is -2.33. The number of rotatable bonds is 5. The predicted octanol–water partition coefficient (Wildman–Crippen LogP) is 2.35. The van der Waals surface area contributed by atoms with Crippen molar-refractivity contribution in [3.8, 4) is 0 Å². The third kappa shape index (κ3) is 5.16. The number of carbonyl (C=O) groups is 1. The monoisotopic (exact) mass is 303 g/mol. The summed E-state index contributed by atoms with van der Waals surface area (Å²) in [6.07, 6.45) is 0.325. The van der Waals surface area contributed by atoms with Crippen LogP contribution in [-0.2, 0) is 4.74 Å². The second kappa shape index (κ2) is 7.02. The van der Waals surface area contributed by atoms with Crippen LogP contribution in [0.4, 0.5) is 10.7 Å². The SMILES string of the molecule is CC(C)(C)OC(=O)NCCCNc1nnc2ccccc2n1. The highest BCUT2D eigenvalue weighted by atomic mass is 16.6. The van der Waals surface area contributed by atoms with Crippen LogP contribution in [0, 0.1) is 0 Å². The van der Waals surface area contributed by atoms with E-state index in [1.54, 1.807) is 0 Å². The van der Waals surface area contributed by atoms with E-state index in [-0.39, 0.29) is 0 Å². The first kappa shape index (κ1) is 15.9. The van der Waals surface area contributed by atoms with Gasteiger partial charge in [-0.2, -0.15) is 0 Å². The summed E-state index contributed by atoms with van der Waals surface area (Å²) in [5, 5.41) is 13.9. The summed E-state index contributed by atoms with van der Waals surface area (Å²) in [7, 11) is 0. The lowest BCUT2D eigenvalue weighted by atomic mass is 10.2. The van der Waals surface area contributed by atoms with E-state index in [2.05, 4.69) is 25.8 Å². The number of amides is 1. The molecule has 0 atom stereocenters. The number of carbonyl (C=O) groups excluding carboxylic acids is 1. The Labute approximate surface area is 129 Å². The number of aromatic nitrogens is 3. The van der Waals surface area contributed by atoms with Gasteiger partial charge in [-0.3, -0.25) is 0 Å². The molecule has 0 unspecified atom stereocenters. The average Bonchev–Trinajstić information content (AvgIpc) is 2.45. The van der Waals surface area contributed by atoms with Crippen molar-refractivity contribution in [2.45, 2.75) is 32.8 Å². The molecule has 0 spiro atoms. The van der Waals surface area contributed by atoms with Gasteiger partial charge in [0.15, 0.2) is 0 Å². The van der Waals surface area contributed by atoms with Crippen molar-refractivity contribution in [1.29, 1.82) is 0 Å². The molecule has 1 amide bonds. The first-order chi connectivity index (χ1) is 10.4. The van der Waals surface area contributed by atoms with Crippen LogP contribution in [0.1, 0.15) is 27.2 Å². The molecule has 2 N–H and O–H groups in total. The Morgan fingerprint density at radius 1 is 1.14 bits per heavy atom. The number of hydrogen-bond donors (Lipinski definition) is 2. The molecule has 0 radical (unpaired) electrons. The predicted molar refractivity (Wildman–Crippen MR) is 84.7 cm³/mol. The van der Waals surface area contributed by atoms with Gasteiger partial charge in [0.2, 0.25) is 5.95 Å². The van der Waals surface area contributed by atoms with Crippen LogP contribution in [0.3, 0.4) is 0 Å². The van der Waals surface area contributed by atoms with Crippen molar-refractivity contribution < 1.29 is 9.53 Å². The Morgan fingerprint density at radius 3 is 2.59 bits per heavy atom. The number of benzene rings is 1. The van der Waals surface area contributed by atoms with E-state index >= 15 is 0 Å². The van der Waals surface area contributed by atoms with E-state index in [0.29, 0.717) is 19.0 Å². The minimum Gasteiger partial charge on any atom is -0.444 e. The molecule has 1 aromatic carbocycles. The third-order valence-electron chi connectivity index (χ3n) is 2.67. The first-order valence-electron chi connectivity index (χ1n) is 7.24. The molecule has 2 rings (SSSR count). The Hall–Kier alpha value is -2.44. The number of nitrogens with one attached hydrogen (secondary N) is 2. The molecule has 0 fully saturated rings. The summed E-state index contributed by atoms with van der Waals surface area (Å²) >= 11 is 0. The molecule has 0 saturated carbocycles. The van der Waals surface area contributed by atoms with E-state index in [0.717, 1.165) is 17.5 Å². The van der Waals surface area contributed by atoms with E-state index in [1.807, 2.05) is 45.0 Å². The highest BCUT2D eigenvalue weighted by Crippen LogP contribution is 2.08. The van der Waals surface area contributed by atoms with Gasteiger partial charge in [-0.15, -0.1) is 10.2 Å². The number of ether oxygens (including phenoxy) is 1. The molecule has 22 heavy (non-hydrogen) atoms. The fourth-order valence-electron chi connectivity index (χ4n) is 1.75. The summed E-state index contributed by atoms with van der Waals surface area (Å²) in [4.78, 5) is 15.8. The van der Waals surface area contributed by atoms with Crippen LogP contribution in [-0.4, -0.2) is 40.0 Å². The minimum atomic E-state index is -0.479. The van der Waals surface area contributed by atoms with E-state index in [1.165, 1.54) is 0 Å². The van der Waals surface area contributed by atoms with Gasteiger partial charge in [0.1, 0.15) is 11.1 Å². The normalized spacial score (nSPS) is 11.2. The smallest absolute Gasteiger partial charge is 0.407 e. The fourth-order valence-corrected chi connectivity index (χ4v) is 1.75. The Kier molecular flexibility index (Phi) is 5.08. The lowest BCUT2D eigenvalue weighted by molar-refractivity contribution is 0.0528. The molecule has 0 saturated heterocycles. The van der Waals surface area contributed by atoms with Crippen LogP contribution in [0.2, 0.25) is 0 Å². The Bertz CT molecular complexity index is 639. The molecular weight excluding hydrogens is 282 g/mol. The molecule has 0 aliphatic rings. The first-order valence-corrected chi connectivity index (χ1v) is 7.24. The maximum atomic E-state index is 11.4. The zero-order chi connectivity index (χ0) is 16.0. The summed E-state index contributed by atoms with van der Waals surface area (Å²) < 4.78 is 5.15. The number of alkyl carbamates (subject to hydrolysis) is 1. The van der Waals surface area contributed by atoms with Gasteiger partial charge in [-0.05, 0) is 39.3 Å². The molecule has 7 nitrogen and oxygen atoms in total. The Morgan fingerprint density at radius 2 is 1.86 bits per heavy atom. The van der Waals surface area contributed by atoms with Crippen LogP contribution < -0.4 is 10.6 Å². The van der Waals surface area contributed by atoms with Crippen LogP contribution in [0.15, 0.2) is 24.3 Å². The Balaban J connectivity index is 1.71. The van der Waals surface area contributed by atoms with Gasteiger partial charge >= 0.3 is 6.09 Å². The quantitative estimate of drug-likeness (QED) is 0.824. The average molecular weight is 303 g/mol. The second-order valence-corrected chi connectivity index (χ2v) is 5.83. The summed E-state index contributed by atoms with van der Waals surface area (Å²) in [6.45, 7) is 6.65. The molecular formula is C15H21N5O2. The molecule has 1 aromatic heterocycles. The largest absolute Gasteiger partial charge is 0.444 e. The molecule has 0 aliphatic heterocycles. The minimum absolute atomic E-state index is 0.406. The van der Waals surface area contributed by atoms with Crippen LogP contribution in [0.5, 0.6) is 0 Å². The standard InChI is InChI=1S/C15H21N5O2/c1-15(2,3)22-14(21)17-10-6-9-16-13-18-11-7-4-5-8-12(11)19-20-13/h4-5,7-8H,6,9-10H2,1-3H3,(H,17,21)(H,16,18,20). The van der Waals surface area contributed by atoms with Gasteiger partial charge in [-0.1, -0.05) is 12.1 Å². The van der Waals surface area contributed by atoms with Crippen LogP contribution in [0.25, 0.3) is 11.0 Å². The number of hydrogen-bond acceptors (Lipinski definition) is 6. The molecule has 2 aromatic rings. The van der Waals surface area contributed by atoms with Crippen molar-refractivity contribution in [3.63, 3.8) is 0 Å². The van der Waals surface area contributed by atoms with Gasteiger partial charge in [0.05, 0.1) is 5.52 Å². The number of fused-ring (bicyclic) bond motifs is 1. The second-order valence-electron chi connectivity index (χ2n) is 5.83. The maximum Gasteiger partial charge on any atom is 0.407 e. The van der Waals surface area contributed by atoms with Crippen molar-refractivity contribution >= 4 is 23.1 Å². The number of anilines is 1. The summed E-state index contributed by atoms with van der Waals surface area (Å²) in [6, 6.07) is 7.56. The molecule has 118 valence electrons. The number of para-hydroxylation sites is 1. The third-order valence-corrected chi connectivity index (χ3v) is 2.67. The highest BCUT2D eigenvalue weighted by molar-refractivity contribution is 5.74. The van der Waals surface area contributed by atoms with Gasteiger partial charge in [-0.25, -0.2) is 9.78 Å². The molecule has 0 bridgehead atoms. The van der Waals surface area contributed by atoms with Gasteiger partial charge in [0.25, 0.3) is 0 Å². The molecule has 1 heterocycles. The summed E-state index contributed by atoms with van der Waals surface area (Å²) in [5.74, 6) is 0.482. The van der Waals surface area contributed by atoms with E-state index in [9.17, 15) is 4.79 Å². The van der Waals surface area contributed by atoms with E-state index in [4.69, 9.17) is 4.74 Å². The van der Waals surface area contributed by atoms with Crippen molar-refractivity contribution in [2.24, 2.45) is 0 Å². The zero-order valence-electron chi connectivity index (χ0n) is 13.1. The zero-order valence-corrected chi connectivity index (χ0v) is 13.1. The van der Waals surface area contributed by atoms with Crippen LogP contribution >= 0.6 is 0 Å². The highest BCUT2D eigenvalue weighted by Gasteiger charge is 2.15. The fraction of sp³-hybridized carbons (Fsp3) is 0.467. The van der Waals surface area contributed by atoms with Crippen molar-refractivity contribution in [1.82, 2.24) is 20.5 Å². The van der Waals surface area contributed by atoms with E-state index < -0.39 is 11.7 Å². The summed E-state index contributed by atoms with van der Waals surface area (Å²) in [5.41, 5.74) is 1.08. The molecule has 7 heteroatoms. The molecule has 0 aliphatic carbocycles. The van der Waals surface area contributed by atoms with Crippen molar-refractivity contribution in [3.05, 3.63) is 24.3 Å².